The van der Waals surface area contributed by atoms with E-state index in [4.69, 9.17) is 0 Å². The fraction of sp³-hybridized carbons (Fsp3) is 0.136. The van der Waals surface area contributed by atoms with Crippen LogP contribution in [0.3, 0.4) is 0 Å². The van der Waals surface area contributed by atoms with Gasteiger partial charge in [-0.05, 0) is 25.1 Å². The molecule has 0 aliphatic rings. The third kappa shape index (κ3) is 4.71. The molecule has 0 fully saturated rings. The number of carbonyl (C=O) groups excluding carboxylic acids is 1. The van der Waals surface area contributed by atoms with Crippen LogP contribution >= 0.6 is 0 Å². The summed E-state index contributed by atoms with van der Waals surface area (Å²) in [5.41, 5.74) is 1.49. The van der Waals surface area contributed by atoms with E-state index in [1.807, 2.05) is 6.92 Å². The molecule has 0 saturated carbocycles. The molecule has 0 saturated heterocycles. The Balaban J connectivity index is 1.93. The molecule has 1 N–H and O–H groups in total. The number of halogens is 1. The van der Waals surface area contributed by atoms with E-state index >= 15 is 0 Å². The zero-order valence-electron chi connectivity index (χ0n) is 15.3. The number of benzene rings is 3. The van der Waals surface area contributed by atoms with E-state index in [1.165, 1.54) is 30.3 Å². The summed E-state index contributed by atoms with van der Waals surface area (Å²) < 4.78 is 42.5. The largest absolute Gasteiger partial charge is 0.294 e. The highest BCUT2D eigenvalue weighted by molar-refractivity contribution is 7.89. The molecule has 3 aromatic carbocycles. The molecule has 28 heavy (non-hydrogen) atoms. The average Bonchev–Trinajstić information content (AvgIpc) is 2.68. The predicted octanol–water partition coefficient (Wildman–Crippen LogP) is 4.43. The first kappa shape index (κ1) is 19.9. The molecule has 0 radical (unpaired) electrons. The van der Waals surface area contributed by atoms with E-state index in [-0.39, 0.29) is 22.7 Å². The Morgan fingerprint density at radius 2 is 1.54 bits per heavy atom. The number of carbonyl (C=O) groups is 1. The molecule has 1 atom stereocenters. The molecule has 3 rings (SSSR count). The van der Waals surface area contributed by atoms with Gasteiger partial charge in [0, 0.05) is 17.5 Å². The first-order chi connectivity index (χ1) is 13.4. The third-order valence-corrected chi connectivity index (χ3v) is 5.88. The SMILES string of the molecule is Cc1ccc(S(=O)(=O)NC(CC(=O)c2ccccc2)c2ccccc2F)cc1. The second-order valence-corrected chi connectivity index (χ2v) is 8.22. The maximum Gasteiger partial charge on any atom is 0.241 e. The highest BCUT2D eigenvalue weighted by Gasteiger charge is 2.26. The van der Waals surface area contributed by atoms with Crippen LogP contribution in [0.2, 0.25) is 0 Å². The van der Waals surface area contributed by atoms with Crippen LogP contribution in [0, 0.1) is 12.7 Å². The van der Waals surface area contributed by atoms with E-state index in [0.29, 0.717) is 5.56 Å². The van der Waals surface area contributed by atoms with Crippen molar-refractivity contribution in [1.29, 1.82) is 0 Å². The molecule has 0 aliphatic carbocycles. The Bertz CT molecular complexity index is 1060. The average molecular weight is 397 g/mol. The van der Waals surface area contributed by atoms with Crippen molar-refractivity contribution in [3.63, 3.8) is 0 Å². The molecule has 0 aliphatic heterocycles. The summed E-state index contributed by atoms with van der Waals surface area (Å²) in [6.07, 6.45) is -0.198. The first-order valence-electron chi connectivity index (χ1n) is 8.78. The standard InChI is InChI=1S/C22H20FNO3S/c1-16-11-13-18(14-12-16)28(26,27)24-21(19-9-5-6-10-20(19)23)15-22(25)17-7-3-2-4-8-17/h2-14,21,24H,15H2,1H3. The number of rotatable bonds is 7. The summed E-state index contributed by atoms with van der Waals surface area (Å²) in [5, 5.41) is 0. The van der Waals surface area contributed by atoms with Crippen molar-refractivity contribution < 1.29 is 17.6 Å². The molecule has 144 valence electrons. The number of ketones is 1. The Kier molecular flexibility index (Phi) is 6.02. The second-order valence-electron chi connectivity index (χ2n) is 6.50. The minimum atomic E-state index is -3.94. The molecule has 1 unspecified atom stereocenters. The normalized spacial score (nSPS) is 12.5. The minimum Gasteiger partial charge on any atom is -0.294 e. The molecule has 3 aromatic rings. The van der Waals surface area contributed by atoms with Gasteiger partial charge in [0.25, 0.3) is 0 Å². The van der Waals surface area contributed by atoms with Crippen LogP contribution in [0.15, 0.2) is 83.8 Å². The quantitative estimate of drug-likeness (QED) is 0.600. The van der Waals surface area contributed by atoms with Crippen molar-refractivity contribution in [2.24, 2.45) is 0 Å². The summed E-state index contributed by atoms with van der Waals surface area (Å²) in [4.78, 5) is 12.7. The third-order valence-electron chi connectivity index (χ3n) is 4.39. The van der Waals surface area contributed by atoms with Gasteiger partial charge in [-0.25, -0.2) is 17.5 Å². The smallest absolute Gasteiger partial charge is 0.241 e. The van der Waals surface area contributed by atoms with Crippen LogP contribution < -0.4 is 4.72 Å². The molecule has 4 nitrogen and oxygen atoms in total. The van der Waals surface area contributed by atoms with Crippen LogP contribution in [0.25, 0.3) is 0 Å². The fourth-order valence-electron chi connectivity index (χ4n) is 2.87. The van der Waals surface area contributed by atoms with Gasteiger partial charge in [-0.3, -0.25) is 4.79 Å². The van der Waals surface area contributed by atoms with E-state index in [9.17, 15) is 17.6 Å². The van der Waals surface area contributed by atoms with Crippen molar-refractivity contribution in [1.82, 2.24) is 4.72 Å². The minimum absolute atomic E-state index is 0.0617. The number of nitrogens with one attached hydrogen (secondary N) is 1. The van der Waals surface area contributed by atoms with Crippen molar-refractivity contribution in [2.75, 3.05) is 0 Å². The lowest BCUT2D eigenvalue weighted by Crippen LogP contribution is -2.31. The van der Waals surface area contributed by atoms with Gasteiger partial charge in [0.2, 0.25) is 10.0 Å². The van der Waals surface area contributed by atoms with Gasteiger partial charge in [-0.2, -0.15) is 0 Å². The van der Waals surface area contributed by atoms with E-state index in [1.54, 1.807) is 48.5 Å². The Labute approximate surface area is 164 Å². The van der Waals surface area contributed by atoms with Gasteiger partial charge < -0.3 is 0 Å². The maximum atomic E-state index is 14.4. The predicted molar refractivity (Wildman–Crippen MR) is 106 cm³/mol. The van der Waals surface area contributed by atoms with Crippen LogP contribution in [0.1, 0.15) is 33.9 Å². The van der Waals surface area contributed by atoms with Crippen LogP contribution in [-0.2, 0) is 10.0 Å². The van der Waals surface area contributed by atoms with Gasteiger partial charge >= 0.3 is 0 Å². The van der Waals surface area contributed by atoms with Crippen molar-refractivity contribution in [3.8, 4) is 0 Å². The molecule has 0 heterocycles. The molecule has 0 aromatic heterocycles. The number of hydrogen-bond acceptors (Lipinski definition) is 3. The van der Waals surface area contributed by atoms with Crippen LogP contribution in [0.4, 0.5) is 4.39 Å². The van der Waals surface area contributed by atoms with Gasteiger partial charge in [0.15, 0.2) is 5.78 Å². The number of aryl methyl sites for hydroxylation is 1. The molecule has 0 spiro atoms. The summed E-state index contributed by atoms with van der Waals surface area (Å²) in [6.45, 7) is 1.85. The van der Waals surface area contributed by atoms with E-state index < -0.39 is 21.9 Å². The monoisotopic (exact) mass is 397 g/mol. The summed E-state index contributed by atoms with van der Waals surface area (Å²) >= 11 is 0. The highest BCUT2D eigenvalue weighted by Crippen LogP contribution is 2.25. The van der Waals surface area contributed by atoms with Crippen LogP contribution in [-0.4, -0.2) is 14.2 Å². The van der Waals surface area contributed by atoms with Crippen LogP contribution in [0.5, 0.6) is 0 Å². The lowest BCUT2D eigenvalue weighted by Gasteiger charge is -2.19. The van der Waals surface area contributed by atoms with Gasteiger partial charge in [-0.15, -0.1) is 0 Å². The van der Waals surface area contributed by atoms with Crippen molar-refractivity contribution >= 4 is 15.8 Å². The van der Waals surface area contributed by atoms with Gasteiger partial charge in [0.05, 0.1) is 10.9 Å². The zero-order chi connectivity index (χ0) is 20.1. The van der Waals surface area contributed by atoms with Gasteiger partial charge in [0.1, 0.15) is 5.82 Å². The number of Topliss-reactive ketones (excluding diaryl/α,β-unsaturated/α-hetero) is 1. The Morgan fingerprint density at radius 3 is 2.18 bits per heavy atom. The first-order valence-corrected chi connectivity index (χ1v) is 10.3. The van der Waals surface area contributed by atoms with E-state index in [0.717, 1.165) is 5.56 Å². The Morgan fingerprint density at radius 1 is 0.929 bits per heavy atom. The molecular weight excluding hydrogens is 377 g/mol. The van der Waals surface area contributed by atoms with Gasteiger partial charge in [-0.1, -0.05) is 66.2 Å². The summed E-state index contributed by atoms with van der Waals surface area (Å²) in [5.74, 6) is -0.847. The molecular formula is C22H20FNO3S. The highest BCUT2D eigenvalue weighted by atomic mass is 32.2. The maximum absolute atomic E-state index is 14.4. The number of sulfonamides is 1. The lowest BCUT2D eigenvalue weighted by atomic mass is 9.98. The van der Waals surface area contributed by atoms with Crippen molar-refractivity contribution in [3.05, 3.63) is 101 Å². The van der Waals surface area contributed by atoms with E-state index in [2.05, 4.69) is 4.72 Å². The topological polar surface area (TPSA) is 63.2 Å². The fourth-order valence-corrected chi connectivity index (χ4v) is 4.09. The second kappa shape index (κ2) is 8.46. The Hall–Kier alpha value is -2.83. The lowest BCUT2D eigenvalue weighted by molar-refractivity contribution is 0.0972. The van der Waals surface area contributed by atoms with Crippen molar-refractivity contribution in [2.45, 2.75) is 24.3 Å². The number of hydrogen-bond donors (Lipinski definition) is 1. The summed E-state index contributed by atoms with van der Waals surface area (Å²) in [6, 6.07) is 19.7. The molecule has 0 amide bonds. The molecule has 0 bridgehead atoms. The molecule has 6 heteroatoms. The zero-order valence-corrected chi connectivity index (χ0v) is 16.1. The summed E-state index contributed by atoms with van der Waals surface area (Å²) in [7, 11) is -3.94.